The minimum atomic E-state index is -1.25. The van der Waals surface area contributed by atoms with Crippen LogP contribution in [0.4, 0.5) is 0 Å². The van der Waals surface area contributed by atoms with E-state index < -0.39 is 11.5 Å². The van der Waals surface area contributed by atoms with Crippen molar-refractivity contribution in [1.82, 2.24) is 5.32 Å². The highest BCUT2D eigenvalue weighted by atomic mass is 16.4. The lowest BCUT2D eigenvalue weighted by Crippen LogP contribution is -2.53. The first-order chi connectivity index (χ1) is 8.07. The highest BCUT2D eigenvalue weighted by Gasteiger charge is 2.44. The maximum atomic E-state index is 11.6. The van der Waals surface area contributed by atoms with Crippen molar-refractivity contribution in [2.75, 3.05) is 0 Å². The van der Waals surface area contributed by atoms with E-state index in [1.165, 1.54) is 0 Å². The Morgan fingerprint density at radius 1 is 1.29 bits per heavy atom. The fourth-order valence-corrected chi connectivity index (χ4v) is 2.02. The number of hydrogen-bond donors (Lipinski definition) is 2. The van der Waals surface area contributed by atoms with Gasteiger partial charge >= 0.3 is 5.97 Å². The van der Waals surface area contributed by atoms with Crippen molar-refractivity contribution in [2.45, 2.75) is 19.4 Å². The summed E-state index contributed by atoms with van der Waals surface area (Å²) in [6.45, 7) is 3.55. The van der Waals surface area contributed by atoms with Crippen LogP contribution in [0.1, 0.15) is 19.4 Å². The van der Waals surface area contributed by atoms with Gasteiger partial charge in [-0.05, 0) is 19.4 Å². The molecular formula is C13H14N2O2. The number of nitrogens with zero attached hydrogens (tertiary/aromatic N) is 1. The van der Waals surface area contributed by atoms with E-state index in [9.17, 15) is 9.90 Å². The van der Waals surface area contributed by atoms with E-state index in [1.54, 1.807) is 25.3 Å². The summed E-state index contributed by atoms with van der Waals surface area (Å²) in [5, 5.41) is 12.5. The minimum Gasteiger partial charge on any atom is -0.479 e. The van der Waals surface area contributed by atoms with Gasteiger partial charge in [-0.3, -0.25) is 4.99 Å². The molecule has 0 radical (unpaired) electrons. The summed E-state index contributed by atoms with van der Waals surface area (Å²) < 4.78 is 0. The molecule has 1 atom stereocenters. The number of hydrogen-bond acceptors (Lipinski definition) is 3. The zero-order valence-electron chi connectivity index (χ0n) is 9.77. The van der Waals surface area contributed by atoms with E-state index in [-0.39, 0.29) is 0 Å². The van der Waals surface area contributed by atoms with E-state index in [2.05, 4.69) is 10.3 Å². The fourth-order valence-electron chi connectivity index (χ4n) is 2.02. The smallest absolute Gasteiger partial charge is 0.340 e. The molecule has 88 valence electrons. The Bertz CT molecular complexity index is 505. The lowest BCUT2D eigenvalue weighted by atomic mass is 9.85. The lowest BCUT2D eigenvalue weighted by Gasteiger charge is -2.33. The van der Waals surface area contributed by atoms with Gasteiger partial charge < -0.3 is 10.4 Å². The molecule has 1 aromatic rings. The van der Waals surface area contributed by atoms with Gasteiger partial charge in [-0.1, -0.05) is 30.3 Å². The van der Waals surface area contributed by atoms with Gasteiger partial charge in [-0.25, -0.2) is 4.79 Å². The third kappa shape index (κ3) is 1.71. The van der Waals surface area contributed by atoms with Crippen LogP contribution in [0, 0.1) is 0 Å². The van der Waals surface area contributed by atoms with E-state index >= 15 is 0 Å². The van der Waals surface area contributed by atoms with Gasteiger partial charge in [0.2, 0.25) is 0 Å². The largest absolute Gasteiger partial charge is 0.479 e. The predicted molar refractivity (Wildman–Crippen MR) is 65.8 cm³/mol. The third-order valence-corrected chi connectivity index (χ3v) is 2.91. The van der Waals surface area contributed by atoms with Crippen molar-refractivity contribution >= 4 is 11.7 Å². The molecule has 17 heavy (non-hydrogen) atoms. The van der Waals surface area contributed by atoms with Gasteiger partial charge in [-0.15, -0.1) is 0 Å². The van der Waals surface area contributed by atoms with Gasteiger partial charge in [0.05, 0.1) is 11.4 Å². The Balaban J connectivity index is 2.58. The first-order valence-electron chi connectivity index (χ1n) is 5.36. The zero-order chi connectivity index (χ0) is 12.5. The number of allylic oxidation sites excluding steroid dienone is 1. The Morgan fingerprint density at radius 3 is 2.47 bits per heavy atom. The maximum absolute atomic E-state index is 11.6. The van der Waals surface area contributed by atoms with Crippen molar-refractivity contribution in [2.24, 2.45) is 4.99 Å². The number of carboxylic acid groups (broad SMARTS) is 1. The first-order valence-corrected chi connectivity index (χ1v) is 5.36. The van der Waals surface area contributed by atoms with Crippen LogP contribution in [0.3, 0.4) is 0 Å². The molecule has 1 aliphatic heterocycles. The van der Waals surface area contributed by atoms with Gasteiger partial charge in [0.1, 0.15) is 0 Å². The van der Waals surface area contributed by atoms with E-state index in [0.717, 1.165) is 5.70 Å². The van der Waals surface area contributed by atoms with Crippen LogP contribution >= 0.6 is 0 Å². The average Bonchev–Trinajstić information content (AvgIpc) is 2.30. The molecule has 4 heteroatoms. The molecule has 2 rings (SSSR count). The fraction of sp³-hybridized carbons (Fsp3) is 0.231. The summed E-state index contributed by atoms with van der Waals surface area (Å²) in [7, 11) is 0. The second-order valence-electron chi connectivity index (χ2n) is 4.05. The molecule has 1 heterocycles. The molecule has 4 nitrogen and oxygen atoms in total. The molecule has 0 fully saturated rings. The normalized spacial score (nSPS) is 23.4. The number of aliphatic carboxylic acids is 1. The number of benzene rings is 1. The predicted octanol–water partition coefficient (Wildman–Crippen LogP) is 1.89. The molecule has 1 unspecified atom stereocenters. The molecule has 0 saturated heterocycles. The summed E-state index contributed by atoms with van der Waals surface area (Å²) in [5.74, 6) is -0.950. The average molecular weight is 230 g/mol. The number of aliphatic imine (C=N–C) groups is 1. The van der Waals surface area contributed by atoms with Crippen LogP contribution < -0.4 is 5.32 Å². The molecular weight excluding hydrogens is 216 g/mol. The molecule has 0 saturated carbocycles. The quantitative estimate of drug-likeness (QED) is 0.815. The van der Waals surface area contributed by atoms with Crippen LogP contribution in [-0.2, 0) is 10.3 Å². The van der Waals surface area contributed by atoms with Crippen molar-refractivity contribution in [3.05, 3.63) is 47.8 Å². The number of rotatable bonds is 2. The van der Waals surface area contributed by atoms with Crippen LogP contribution in [0.25, 0.3) is 0 Å². The van der Waals surface area contributed by atoms with Crippen molar-refractivity contribution < 1.29 is 9.90 Å². The SMILES string of the molecule is CC1=CNC(C(=O)O)(c2ccccc2)C(C)=N1. The van der Waals surface area contributed by atoms with Crippen molar-refractivity contribution in [3.63, 3.8) is 0 Å². The molecule has 0 amide bonds. The van der Waals surface area contributed by atoms with Crippen molar-refractivity contribution in [1.29, 1.82) is 0 Å². The van der Waals surface area contributed by atoms with Gasteiger partial charge in [0.25, 0.3) is 0 Å². The first kappa shape index (κ1) is 11.4. The summed E-state index contributed by atoms with van der Waals surface area (Å²) in [4.78, 5) is 15.9. The number of carboxylic acids is 1. The Hall–Kier alpha value is -2.10. The summed E-state index contributed by atoms with van der Waals surface area (Å²) in [6.07, 6.45) is 1.63. The highest BCUT2D eigenvalue weighted by molar-refractivity contribution is 6.11. The van der Waals surface area contributed by atoms with Crippen LogP contribution in [-0.4, -0.2) is 16.8 Å². The summed E-state index contributed by atoms with van der Waals surface area (Å²) in [5.41, 5.74) is 0.741. The second kappa shape index (κ2) is 4.05. The molecule has 0 bridgehead atoms. The van der Waals surface area contributed by atoms with Gasteiger partial charge in [-0.2, -0.15) is 0 Å². The zero-order valence-corrected chi connectivity index (χ0v) is 9.77. The monoisotopic (exact) mass is 230 g/mol. The Kier molecular flexibility index (Phi) is 2.71. The van der Waals surface area contributed by atoms with E-state index in [0.29, 0.717) is 11.3 Å². The highest BCUT2D eigenvalue weighted by Crippen LogP contribution is 2.27. The molecule has 0 aliphatic carbocycles. The van der Waals surface area contributed by atoms with Crippen molar-refractivity contribution in [3.8, 4) is 0 Å². The van der Waals surface area contributed by atoms with Crippen LogP contribution in [0.2, 0.25) is 0 Å². The number of carbonyl (C=O) groups is 1. The van der Waals surface area contributed by atoms with E-state index in [1.807, 2.05) is 25.1 Å². The third-order valence-electron chi connectivity index (χ3n) is 2.91. The van der Waals surface area contributed by atoms with Gasteiger partial charge in [0.15, 0.2) is 5.54 Å². The summed E-state index contributed by atoms with van der Waals surface area (Å²) in [6, 6.07) is 9.07. The molecule has 1 aliphatic rings. The topological polar surface area (TPSA) is 61.7 Å². The Labute approximate surface area is 99.7 Å². The standard InChI is InChI=1S/C13H14N2O2/c1-9-8-14-13(12(16)17,10(2)15-9)11-6-4-3-5-7-11/h3-8,14H,1-2H3,(H,16,17). The van der Waals surface area contributed by atoms with Crippen LogP contribution in [0.15, 0.2) is 47.2 Å². The molecule has 2 N–H and O–H groups in total. The van der Waals surface area contributed by atoms with Crippen LogP contribution in [0.5, 0.6) is 0 Å². The molecule has 0 spiro atoms. The van der Waals surface area contributed by atoms with Gasteiger partial charge in [0, 0.05) is 6.20 Å². The summed E-state index contributed by atoms with van der Waals surface area (Å²) >= 11 is 0. The minimum absolute atomic E-state index is 0.538. The second-order valence-corrected chi connectivity index (χ2v) is 4.05. The van der Waals surface area contributed by atoms with E-state index in [4.69, 9.17) is 0 Å². The lowest BCUT2D eigenvalue weighted by molar-refractivity contribution is -0.141. The Morgan fingerprint density at radius 2 is 1.94 bits per heavy atom. The molecule has 1 aromatic carbocycles. The molecule has 0 aromatic heterocycles. The number of nitrogens with one attached hydrogen (secondary N) is 1. The maximum Gasteiger partial charge on any atom is 0.340 e.